The van der Waals surface area contributed by atoms with Crippen LogP contribution in [0.3, 0.4) is 0 Å². The smallest absolute Gasteiger partial charge is 0.225 e. The highest BCUT2D eigenvalue weighted by Crippen LogP contribution is 2.41. The van der Waals surface area contributed by atoms with Gasteiger partial charge < -0.3 is 0 Å². The van der Waals surface area contributed by atoms with Crippen molar-refractivity contribution in [3.63, 3.8) is 0 Å². The molecule has 8 heteroatoms. The molecule has 134 valence electrons. The van der Waals surface area contributed by atoms with Crippen LogP contribution in [-0.4, -0.2) is 16.8 Å². The zero-order valence-corrected chi connectivity index (χ0v) is 15.3. The van der Waals surface area contributed by atoms with Crippen LogP contribution in [0.5, 0.6) is 0 Å². The predicted molar refractivity (Wildman–Crippen MR) is 94.8 cm³/mol. The maximum absolute atomic E-state index is 12.7. The lowest BCUT2D eigenvalue weighted by atomic mass is 10.0. The van der Waals surface area contributed by atoms with Gasteiger partial charge in [0.1, 0.15) is 0 Å². The van der Waals surface area contributed by atoms with Crippen LogP contribution < -0.4 is 9.86 Å². The number of primary sulfonamides is 1. The molecule has 6 nitrogen and oxygen atoms in total. The van der Waals surface area contributed by atoms with Crippen molar-refractivity contribution in [2.24, 2.45) is 11.1 Å². The summed E-state index contributed by atoms with van der Waals surface area (Å²) in [6, 6.07) is 12.4. The van der Waals surface area contributed by atoms with Gasteiger partial charge in [-0.05, 0) is 55.5 Å². The summed E-state index contributed by atoms with van der Waals surface area (Å²) in [5.41, 5.74) is 2.04. The highest BCUT2D eigenvalue weighted by Gasteiger charge is 2.35. The van der Waals surface area contributed by atoms with E-state index in [1.165, 1.54) is 24.3 Å². The Morgan fingerprint density at radius 3 is 1.92 bits per heavy atom. The number of rotatable bonds is 6. The molecule has 1 saturated carbocycles. The Balaban J connectivity index is 1.87. The fourth-order valence-corrected chi connectivity index (χ4v) is 4.49. The fourth-order valence-electron chi connectivity index (χ4n) is 2.68. The van der Waals surface area contributed by atoms with E-state index in [-0.39, 0.29) is 21.8 Å². The van der Waals surface area contributed by atoms with Crippen LogP contribution in [0.2, 0.25) is 0 Å². The second-order valence-electron chi connectivity index (χ2n) is 6.36. The van der Waals surface area contributed by atoms with E-state index in [0.29, 0.717) is 0 Å². The minimum atomic E-state index is -3.85. The van der Waals surface area contributed by atoms with Crippen molar-refractivity contribution in [2.45, 2.75) is 35.6 Å². The first-order valence-corrected chi connectivity index (χ1v) is 10.9. The van der Waals surface area contributed by atoms with Gasteiger partial charge in [-0.2, -0.15) is 0 Å². The Labute approximate surface area is 148 Å². The van der Waals surface area contributed by atoms with Gasteiger partial charge in [0.05, 0.1) is 9.79 Å². The molecule has 1 fully saturated rings. The monoisotopic (exact) mass is 380 g/mol. The maximum atomic E-state index is 12.7. The van der Waals surface area contributed by atoms with E-state index in [1.54, 1.807) is 0 Å². The molecule has 1 atom stereocenters. The number of benzene rings is 2. The summed E-state index contributed by atoms with van der Waals surface area (Å²) in [6.45, 7) is 1.98. The molecule has 3 N–H and O–H groups in total. The number of aryl methyl sites for hydroxylation is 1. The molecule has 0 bridgehead atoms. The van der Waals surface area contributed by atoms with Gasteiger partial charge in [-0.15, -0.1) is 0 Å². The summed E-state index contributed by atoms with van der Waals surface area (Å²) >= 11 is 0. The molecule has 0 amide bonds. The zero-order valence-electron chi connectivity index (χ0n) is 13.7. The number of nitrogens with two attached hydrogens (primary N) is 1. The molecular weight excluding hydrogens is 360 g/mol. The summed E-state index contributed by atoms with van der Waals surface area (Å²) < 4.78 is 50.7. The van der Waals surface area contributed by atoms with Crippen molar-refractivity contribution < 1.29 is 16.8 Å². The SMILES string of the molecule is Cc1ccc([C@H](NS(=O)(=O)c2ccc(S(N)(=O)=O)cc2)C2CC2)cc1. The molecule has 3 rings (SSSR count). The predicted octanol–water partition coefficient (Wildman–Crippen LogP) is 2.07. The normalized spacial score (nSPS) is 16.6. The van der Waals surface area contributed by atoms with E-state index in [4.69, 9.17) is 5.14 Å². The van der Waals surface area contributed by atoms with Gasteiger partial charge >= 0.3 is 0 Å². The average Bonchev–Trinajstić information content (AvgIpc) is 3.38. The molecular formula is C17H20N2O4S2. The highest BCUT2D eigenvalue weighted by molar-refractivity contribution is 7.89. The number of nitrogens with one attached hydrogen (secondary N) is 1. The molecule has 1 aliphatic rings. The number of hydrogen-bond acceptors (Lipinski definition) is 4. The third-order valence-corrected chi connectivity index (χ3v) is 6.66. The first-order valence-electron chi connectivity index (χ1n) is 7.88. The molecule has 0 unspecified atom stereocenters. The van der Waals surface area contributed by atoms with Crippen molar-refractivity contribution in [1.82, 2.24) is 4.72 Å². The second kappa shape index (κ2) is 6.53. The topological polar surface area (TPSA) is 106 Å². The van der Waals surface area contributed by atoms with Gasteiger partial charge in [0, 0.05) is 6.04 Å². The fraction of sp³-hybridized carbons (Fsp3) is 0.294. The third kappa shape index (κ3) is 4.27. The number of sulfonamides is 2. The van der Waals surface area contributed by atoms with Crippen LogP contribution in [0.4, 0.5) is 0 Å². The second-order valence-corrected chi connectivity index (χ2v) is 9.64. The summed E-state index contributed by atoms with van der Waals surface area (Å²) in [7, 11) is -7.62. The third-order valence-electron chi connectivity index (χ3n) is 4.27. The van der Waals surface area contributed by atoms with Crippen LogP contribution in [0, 0.1) is 12.8 Å². The van der Waals surface area contributed by atoms with Crippen molar-refractivity contribution >= 4 is 20.0 Å². The van der Waals surface area contributed by atoms with Gasteiger partial charge in [-0.1, -0.05) is 29.8 Å². The molecule has 0 saturated heterocycles. The van der Waals surface area contributed by atoms with Crippen molar-refractivity contribution in [3.05, 3.63) is 59.7 Å². The first kappa shape index (κ1) is 18.1. The Kier molecular flexibility index (Phi) is 4.72. The maximum Gasteiger partial charge on any atom is 0.241 e. The molecule has 0 aromatic heterocycles. The minimum Gasteiger partial charge on any atom is -0.225 e. The summed E-state index contributed by atoms with van der Waals surface area (Å²) in [5.74, 6) is 0.279. The molecule has 1 aliphatic carbocycles. The van der Waals surface area contributed by atoms with Gasteiger partial charge in [0.15, 0.2) is 0 Å². The Hall–Kier alpha value is -1.74. The van der Waals surface area contributed by atoms with Crippen LogP contribution in [0.25, 0.3) is 0 Å². The van der Waals surface area contributed by atoms with E-state index in [1.807, 2.05) is 31.2 Å². The molecule has 2 aromatic rings. The largest absolute Gasteiger partial charge is 0.241 e. The summed E-state index contributed by atoms with van der Waals surface area (Å²) in [4.78, 5) is -0.110. The molecule has 0 spiro atoms. The highest BCUT2D eigenvalue weighted by atomic mass is 32.2. The quantitative estimate of drug-likeness (QED) is 0.800. The molecule has 0 radical (unpaired) electrons. The van der Waals surface area contributed by atoms with Crippen molar-refractivity contribution in [3.8, 4) is 0 Å². The lowest BCUT2D eigenvalue weighted by Gasteiger charge is -2.19. The Bertz CT molecular complexity index is 962. The van der Waals surface area contributed by atoms with Crippen LogP contribution in [0.1, 0.15) is 30.0 Å². The van der Waals surface area contributed by atoms with Gasteiger partial charge in [-0.3, -0.25) is 0 Å². The molecule has 0 heterocycles. The first-order chi connectivity index (χ1) is 11.7. The summed E-state index contributed by atoms with van der Waals surface area (Å²) in [5, 5.41) is 5.04. The van der Waals surface area contributed by atoms with Gasteiger partial charge in [0.2, 0.25) is 20.0 Å². The van der Waals surface area contributed by atoms with Crippen LogP contribution in [-0.2, 0) is 20.0 Å². The van der Waals surface area contributed by atoms with Crippen molar-refractivity contribution in [1.29, 1.82) is 0 Å². The Morgan fingerprint density at radius 1 is 0.920 bits per heavy atom. The lowest BCUT2D eigenvalue weighted by Crippen LogP contribution is -2.30. The summed E-state index contributed by atoms with van der Waals surface area (Å²) in [6.07, 6.45) is 1.96. The van der Waals surface area contributed by atoms with Gasteiger partial charge in [-0.25, -0.2) is 26.7 Å². The van der Waals surface area contributed by atoms with Crippen LogP contribution >= 0.6 is 0 Å². The zero-order chi connectivity index (χ0) is 18.2. The number of hydrogen-bond donors (Lipinski definition) is 2. The van der Waals surface area contributed by atoms with E-state index >= 15 is 0 Å². The standard InChI is InChI=1S/C17H20N2O4S2/c1-12-2-4-13(5-3-12)17(14-6-7-14)19-25(22,23)16-10-8-15(9-11-16)24(18,20)21/h2-5,8-11,14,17,19H,6-7H2,1H3,(H2,18,20,21)/t17-/m0/s1. The van der Waals surface area contributed by atoms with E-state index < -0.39 is 20.0 Å². The molecule has 2 aromatic carbocycles. The molecule has 0 aliphatic heterocycles. The molecule has 25 heavy (non-hydrogen) atoms. The van der Waals surface area contributed by atoms with E-state index in [0.717, 1.165) is 24.0 Å². The Morgan fingerprint density at radius 2 is 1.44 bits per heavy atom. The van der Waals surface area contributed by atoms with Crippen LogP contribution in [0.15, 0.2) is 58.3 Å². The van der Waals surface area contributed by atoms with E-state index in [9.17, 15) is 16.8 Å². The van der Waals surface area contributed by atoms with Crippen molar-refractivity contribution in [2.75, 3.05) is 0 Å². The lowest BCUT2D eigenvalue weighted by molar-refractivity contribution is 0.529. The van der Waals surface area contributed by atoms with E-state index in [2.05, 4.69) is 4.72 Å². The minimum absolute atomic E-state index is 0.0117. The van der Waals surface area contributed by atoms with Gasteiger partial charge in [0.25, 0.3) is 0 Å². The average molecular weight is 380 g/mol.